The lowest BCUT2D eigenvalue weighted by Gasteiger charge is -1.99. The van der Waals surface area contributed by atoms with E-state index in [0.29, 0.717) is 6.54 Å². The van der Waals surface area contributed by atoms with Crippen LogP contribution in [0.15, 0.2) is 18.2 Å². The molecule has 0 spiro atoms. The molecule has 0 saturated carbocycles. The third kappa shape index (κ3) is 2.77. The van der Waals surface area contributed by atoms with Crippen molar-refractivity contribution in [2.45, 2.75) is 6.92 Å². The van der Waals surface area contributed by atoms with Gasteiger partial charge >= 0.3 is 0 Å². The monoisotopic (exact) mass is 193 g/mol. The van der Waals surface area contributed by atoms with Crippen LogP contribution in [0.5, 0.6) is 0 Å². The normalized spacial score (nSPS) is 9.15. The van der Waals surface area contributed by atoms with Gasteiger partial charge in [0.15, 0.2) is 0 Å². The van der Waals surface area contributed by atoms with E-state index in [2.05, 4.69) is 17.2 Å². The van der Waals surface area contributed by atoms with E-state index in [1.165, 1.54) is 0 Å². The molecule has 1 aromatic carbocycles. The quantitative estimate of drug-likeness (QED) is 0.675. The topological polar surface area (TPSA) is 12.0 Å². The third-order valence-corrected chi connectivity index (χ3v) is 2.02. The Morgan fingerprint density at radius 3 is 2.85 bits per heavy atom. The maximum absolute atomic E-state index is 5.99. The Labute approximate surface area is 84.1 Å². The maximum atomic E-state index is 5.99. The van der Waals surface area contributed by atoms with Gasteiger partial charge in [-0.2, -0.15) is 0 Å². The summed E-state index contributed by atoms with van der Waals surface area (Å²) >= 11 is 5.99. The summed E-state index contributed by atoms with van der Waals surface area (Å²) in [5.41, 5.74) is 2.05. The number of halogens is 1. The first-order chi connectivity index (χ1) is 6.25. The van der Waals surface area contributed by atoms with E-state index in [1.807, 2.05) is 32.2 Å². The molecule has 1 N–H and O–H groups in total. The summed E-state index contributed by atoms with van der Waals surface area (Å²) in [6, 6.07) is 5.80. The Hall–Kier alpha value is -0.970. The highest BCUT2D eigenvalue weighted by molar-refractivity contribution is 6.31. The minimum absolute atomic E-state index is 0.685. The van der Waals surface area contributed by atoms with E-state index in [-0.39, 0.29) is 0 Å². The molecular weight excluding hydrogens is 182 g/mol. The average molecular weight is 194 g/mol. The van der Waals surface area contributed by atoms with E-state index < -0.39 is 0 Å². The molecule has 0 aliphatic heterocycles. The van der Waals surface area contributed by atoms with E-state index in [4.69, 9.17) is 11.6 Å². The van der Waals surface area contributed by atoms with Crippen molar-refractivity contribution in [3.8, 4) is 11.8 Å². The fourth-order valence-corrected chi connectivity index (χ4v) is 1.28. The molecule has 0 aliphatic carbocycles. The van der Waals surface area contributed by atoms with Gasteiger partial charge in [0.05, 0.1) is 11.6 Å². The van der Waals surface area contributed by atoms with Crippen LogP contribution in [0.25, 0.3) is 0 Å². The highest BCUT2D eigenvalue weighted by Crippen LogP contribution is 2.17. The van der Waals surface area contributed by atoms with E-state index in [0.717, 1.165) is 16.1 Å². The second-order valence-corrected chi connectivity index (χ2v) is 3.17. The molecule has 1 rings (SSSR count). The van der Waals surface area contributed by atoms with Gasteiger partial charge in [0.25, 0.3) is 0 Å². The number of benzene rings is 1. The third-order valence-electron chi connectivity index (χ3n) is 1.70. The molecule has 0 atom stereocenters. The number of rotatable bonds is 1. The highest BCUT2D eigenvalue weighted by atomic mass is 35.5. The van der Waals surface area contributed by atoms with Crippen molar-refractivity contribution in [1.29, 1.82) is 0 Å². The molecule has 68 valence electrons. The largest absolute Gasteiger partial charge is 0.309 e. The average Bonchev–Trinajstić information content (AvgIpc) is 2.10. The van der Waals surface area contributed by atoms with Gasteiger partial charge in [0, 0.05) is 5.56 Å². The first kappa shape index (κ1) is 10.1. The van der Waals surface area contributed by atoms with Gasteiger partial charge in [-0.1, -0.05) is 35.6 Å². The second kappa shape index (κ2) is 4.91. The van der Waals surface area contributed by atoms with Crippen molar-refractivity contribution in [2.75, 3.05) is 13.6 Å². The van der Waals surface area contributed by atoms with E-state index in [1.54, 1.807) is 0 Å². The van der Waals surface area contributed by atoms with Crippen LogP contribution in [0.1, 0.15) is 11.1 Å². The molecule has 2 heteroatoms. The zero-order valence-corrected chi connectivity index (χ0v) is 8.57. The Bertz CT molecular complexity index is 327. The van der Waals surface area contributed by atoms with Crippen molar-refractivity contribution < 1.29 is 0 Å². The first-order valence-corrected chi connectivity index (χ1v) is 4.52. The molecule has 0 aliphatic rings. The smallest absolute Gasteiger partial charge is 0.0577 e. The van der Waals surface area contributed by atoms with Gasteiger partial charge < -0.3 is 5.32 Å². The standard InChI is InChI=1S/C11H12ClN/c1-9-5-3-7-11(12)10(9)6-4-8-13-2/h3,5,7,13H,8H2,1-2H3. The van der Waals surface area contributed by atoms with E-state index in [9.17, 15) is 0 Å². The molecule has 0 bridgehead atoms. The highest BCUT2D eigenvalue weighted by Gasteiger charge is 1.98. The maximum Gasteiger partial charge on any atom is 0.0577 e. The minimum atomic E-state index is 0.685. The van der Waals surface area contributed by atoms with Crippen molar-refractivity contribution in [2.24, 2.45) is 0 Å². The molecule has 0 amide bonds. The molecule has 0 aromatic heterocycles. The molecule has 0 radical (unpaired) electrons. The van der Waals surface area contributed by atoms with Gasteiger partial charge in [-0.05, 0) is 25.6 Å². The van der Waals surface area contributed by atoms with Gasteiger partial charge in [0.1, 0.15) is 0 Å². The lowest BCUT2D eigenvalue weighted by molar-refractivity contribution is 0.938. The van der Waals surface area contributed by atoms with Crippen molar-refractivity contribution in [3.63, 3.8) is 0 Å². The number of hydrogen-bond acceptors (Lipinski definition) is 1. The summed E-state index contributed by atoms with van der Waals surface area (Å²) in [4.78, 5) is 0. The molecular formula is C11H12ClN. The second-order valence-electron chi connectivity index (χ2n) is 2.76. The van der Waals surface area contributed by atoms with Crippen molar-refractivity contribution >= 4 is 11.6 Å². The fraction of sp³-hybridized carbons (Fsp3) is 0.273. The number of nitrogens with one attached hydrogen (secondary N) is 1. The molecule has 0 unspecified atom stereocenters. The summed E-state index contributed by atoms with van der Waals surface area (Å²) in [6.45, 7) is 2.69. The molecule has 1 nitrogen and oxygen atoms in total. The Morgan fingerprint density at radius 2 is 2.23 bits per heavy atom. The molecule has 0 heterocycles. The number of hydrogen-bond donors (Lipinski definition) is 1. The molecule has 0 saturated heterocycles. The van der Waals surface area contributed by atoms with Crippen molar-refractivity contribution in [3.05, 3.63) is 34.3 Å². The molecule has 13 heavy (non-hydrogen) atoms. The fourth-order valence-electron chi connectivity index (χ4n) is 1.01. The predicted octanol–water partition coefficient (Wildman–Crippen LogP) is 2.22. The van der Waals surface area contributed by atoms with Gasteiger partial charge in [0.2, 0.25) is 0 Å². The predicted molar refractivity (Wildman–Crippen MR) is 57.0 cm³/mol. The van der Waals surface area contributed by atoms with Crippen LogP contribution in [0.4, 0.5) is 0 Å². The lowest BCUT2D eigenvalue weighted by Crippen LogP contribution is -2.04. The Balaban J connectivity index is 2.95. The molecule has 1 aromatic rings. The van der Waals surface area contributed by atoms with Crippen LogP contribution in [0, 0.1) is 18.8 Å². The van der Waals surface area contributed by atoms with Gasteiger partial charge in [-0.3, -0.25) is 0 Å². The Kier molecular flexibility index (Phi) is 3.82. The SMILES string of the molecule is CNCC#Cc1c(C)cccc1Cl. The summed E-state index contributed by atoms with van der Waals surface area (Å²) in [5.74, 6) is 6.03. The summed E-state index contributed by atoms with van der Waals surface area (Å²) in [6.07, 6.45) is 0. The number of aryl methyl sites for hydroxylation is 1. The minimum Gasteiger partial charge on any atom is -0.309 e. The first-order valence-electron chi connectivity index (χ1n) is 4.14. The van der Waals surface area contributed by atoms with Crippen LogP contribution in [0.3, 0.4) is 0 Å². The van der Waals surface area contributed by atoms with Crippen LogP contribution in [-0.2, 0) is 0 Å². The van der Waals surface area contributed by atoms with Gasteiger partial charge in [-0.15, -0.1) is 0 Å². The van der Waals surface area contributed by atoms with Crippen LogP contribution in [-0.4, -0.2) is 13.6 Å². The summed E-state index contributed by atoms with van der Waals surface area (Å²) in [5, 5.41) is 3.69. The van der Waals surface area contributed by atoms with Crippen LogP contribution < -0.4 is 5.32 Å². The lowest BCUT2D eigenvalue weighted by atomic mass is 10.1. The zero-order valence-electron chi connectivity index (χ0n) is 7.82. The molecule has 0 fully saturated rings. The van der Waals surface area contributed by atoms with Gasteiger partial charge in [-0.25, -0.2) is 0 Å². The van der Waals surface area contributed by atoms with Crippen molar-refractivity contribution in [1.82, 2.24) is 5.32 Å². The Morgan fingerprint density at radius 1 is 1.46 bits per heavy atom. The summed E-state index contributed by atoms with van der Waals surface area (Å²) in [7, 11) is 1.87. The summed E-state index contributed by atoms with van der Waals surface area (Å²) < 4.78 is 0. The van der Waals surface area contributed by atoms with Crippen LogP contribution in [0.2, 0.25) is 5.02 Å². The van der Waals surface area contributed by atoms with Crippen LogP contribution >= 0.6 is 11.6 Å². The zero-order chi connectivity index (χ0) is 9.68. The van der Waals surface area contributed by atoms with E-state index >= 15 is 0 Å².